The molecule has 6 nitrogen and oxygen atoms in total. The van der Waals surface area contributed by atoms with E-state index in [4.69, 9.17) is 10.2 Å². The van der Waals surface area contributed by atoms with Crippen LogP contribution >= 0.6 is 0 Å². The normalized spacial score (nSPS) is 10.9. The second-order valence-corrected chi connectivity index (χ2v) is 4.05. The van der Waals surface area contributed by atoms with E-state index in [1.807, 2.05) is 19.2 Å². The van der Waals surface area contributed by atoms with Gasteiger partial charge in [-0.2, -0.15) is 10.1 Å². The molecule has 1 aromatic carbocycles. The van der Waals surface area contributed by atoms with Gasteiger partial charge in [0.15, 0.2) is 5.58 Å². The van der Waals surface area contributed by atoms with Gasteiger partial charge in [0, 0.05) is 18.9 Å². The number of anilines is 2. The third-order valence-electron chi connectivity index (χ3n) is 2.75. The second kappa shape index (κ2) is 4.06. The van der Waals surface area contributed by atoms with Gasteiger partial charge >= 0.3 is 0 Å². The lowest BCUT2D eigenvalue weighted by Gasteiger charge is -2.01. The third-order valence-corrected chi connectivity index (χ3v) is 2.75. The maximum atomic E-state index is 5.69. The van der Waals surface area contributed by atoms with Crippen LogP contribution in [-0.4, -0.2) is 14.8 Å². The average molecular weight is 243 g/mol. The van der Waals surface area contributed by atoms with Gasteiger partial charge in [0.2, 0.25) is 0 Å². The number of aryl methyl sites for hydroxylation is 1. The van der Waals surface area contributed by atoms with Gasteiger partial charge in [-0.25, -0.2) is 0 Å². The highest BCUT2D eigenvalue weighted by Crippen LogP contribution is 2.21. The minimum Gasteiger partial charge on any atom is -0.424 e. The maximum absolute atomic E-state index is 5.69. The number of nitrogens with one attached hydrogen (secondary N) is 1. The summed E-state index contributed by atoms with van der Waals surface area (Å²) in [5, 5.41) is 7.21. The summed E-state index contributed by atoms with van der Waals surface area (Å²) in [7, 11) is 1.89. The van der Waals surface area contributed by atoms with Crippen LogP contribution < -0.4 is 11.1 Å². The Hall–Kier alpha value is -2.50. The first-order chi connectivity index (χ1) is 8.72. The molecule has 0 atom stereocenters. The summed E-state index contributed by atoms with van der Waals surface area (Å²) in [4.78, 5) is 4.32. The van der Waals surface area contributed by atoms with Crippen molar-refractivity contribution in [3.63, 3.8) is 0 Å². The Bertz CT molecular complexity index is 685. The van der Waals surface area contributed by atoms with Gasteiger partial charge in [-0.1, -0.05) is 0 Å². The first-order valence-corrected chi connectivity index (χ1v) is 5.59. The molecular formula is C12H13N5O. The molecule has 0 amide bonds. The van der Waals surface area contributed by atoms with Crippen molar-refractivity contribution < 1.29 is 4.42 Å². The zero-order valence-corrected chi connectivity index (χ0v) is 9.92. The van der Waals surface area contributed by atoms with Gasteiger partial charge in [-0.3, -0.25) is 4.68 Å². The molecular weight excluding hydrogens is 230 g/mol. The molecule has 92 valence electrons. The molecule has 0 radical (unpaired) electrons. The summed E-state index contributed by atoms with van der Waals surface area (Å²) < 4.78 is 7.35. The van der Waals surface area contributed by atoms with Crippen LogP contribution in [0.5, 0.6) is 0 Å². The molecule has 0 unspecified atom stereocenters. The van der Waals surface area contributed by atoms with Crippen LogP contribution in [0.4, 0.5) is 11.7 Å². The lowest BCUT2D eigenvalue weighted by molar-refractivity contribution is 0.610. The number of fused-ring (bicyclic) bond motifs is 1. The Labute approximate surface area is 103 Å². The van der Waals surface area contributed by atoms with Crippen molar-refractivity contribution >= 4 is 22.8 Å². The standard InChI is InChI=1S/C12H13N5O/c1-17-9(4-5-15-17)7-14-12-16-10-6-8(13)2-3-11(10)18-12/h2-6H,7,13H2,1H3,(H,14,16). The van der Waals surface area contributed by atoms with Crippen LogP contribution in [0.2, 0.25) is 0 Å². The van der Waals surface area contributed by atoms with E-state index in [1.54, 1.807) is 23.0 Å². The van der Waals surface area contributed by atoms with Crippen LogP contribution in [0.25, 0.3) is 11.1 Å². The molecule has 0 fully saturated rings. The van der Waals surface area contributed by atoms with E-state index in [9.17, 15) is 0 Å². The number of aromatic nitrogens is 3. The average Bonchev–Trinajstić information content (AvgIpc) is 2.92. The van der Waals surface area contributed by atoms with Crippen molar-refractivity contribution in [2.75, 3.05) is 11.1 Å². The van der Waals surface area contributed by atoms with Gasteiger partial charge in [-0.15, -0.1) is 0 Å². The summed E-state index contributed by atoms with van der Waals surface area (Å²) in [6.07, 6.45) is 1.75. The summed E-state index contributed by atoms with van der Waals surface area (Å²) in [5.74, 6) is 0. The van der Waals surface area contributed by atoms with Crippen molar-refractivity contribution in [3.8, 4) is 0 Å². The van der Waals surface area contributed by atoms with Crippen LogP contribution in [0.1, 0.15) is 5.69 Å². The predicted molar refractivity (Wildman–Crippen MR) is 69.0 cm³/mol. The van der Waals surface area contributed by atoms with E-state index >= 15 is 0 Å². The lowest BCUT2D eigenvalue weighted by atomic mass is 10.3. The Morgan fingerprint density at radius 2 is 2.28 bits per heavy atom. The molecule has 3 N–H and O–H groups in total. The van der Waals surface area contributed by atoms with Crippen LogP contribution in [0.15, 0.2) is 34.9 Å². The van der Waals surface area contributed by atoms with E-state index in [2.05, 4.69) is 15.4 Å². The van der Waals surface area contributed by atoms with Crippen molar-refractivity contribution in [1.82, 2.24) is 14.8 Å². The highest BCUT2D eigenvalue weighted by molar-refractivity contribution is 5.78. The lowest BCUT2D eigenvalue weighted by Crippen LogP contribution is -2.05. The molecule has 0 spiro atoms. The number of benzene rings is 1. The zero-order valence-electron chi connectivity index (χ0n) is 9.92. The Balaban J connectivity index is 1.81. The zero-order chi connectivity index (χ0) is 12.5. The minimum absolute atomic E-state index is 0.483. The molecule has 6 heteroatoms. The Morgan fingerprint density at radius 3 is 3.06 bits per heavy atom. The molecule has 3 aromatic rings. The highest BCUT2D eigenvalue weighted by atomic mass is 16.4. The van der Waals surface area contributed by atoms with E-state index in [0.717, 1.165) is 16.8 Å². The highest BCUT2D eigenvalue weighted by Gasteiger charge is 2.06. The summed E-state index contributed by atoms with van der Waals surface area (Å²) >= 11 is 0. The topological polar surface area (TPSA) is 81.9 Å². The van der Waals surface area contributed by atoms with E-state index in [-0.39, 0.29) is 0 Å². The van der Waals surface area contributed by atoms with Crippen LogP contribution in [0, 0.1) is 0 Å². The fraction of sp³-hybridized carbons (Fsp3) is 0.167. The molecule has 18 heavy (non-hydrogen) atoms. The molecule has 0 aliphatic heterocycles. The number of nitrogens with two attached hydrogens (primary N) is 1. The molecule has 2 heterocycles. The predicted octanol–water partition coefficient (Wildman–Crippen LogP) is 1.76. The van der Waals surface area contributed by atoms with Crippen LogP contribution in [0.3, 0.4) is 0 Å². The Kier molecular flexibility index (Phi) is 2.40. The summed E-state index contributed by atoms with van der Waals surface area (Å²) in [5.41, 5.74) is 8.89. The van der Waals surface area contributed by atoms with Crippen LogP contribution in [-0.2, 0) is 13.6 Å². The fourth-order valence-electron chi connectivity index (χ4n) is 1.76. The molecule has 2 aromatic heterocycles. The van der Waals surface area contributed by atoms with E-state index in [1.165, 1.54) is 0 Å². The van der Waals surface area contributed by atoms with E-state index < -0.39 is 0 Å². The third kappa shape index (κ3) is 1.88. The van der Waals surface area contributed by atoms with Crippen molar-refractivity contribution in [1.29, 1.82) is 0 Å². The first kappa shape index (κ1) is 10.6. The molecule has 3 rings (SSSR count). The molecule has 0 bridgehead atoms. The number of nitrogens with zero attached hydrogens (tertiary/aromatic N) is 3. The first-order valence-electron chi connectivity index (χ1n) is 5.59. The fourth-order valence-corrected chi connectivity index (χ4v) is 1.76. The van der Waals surface area contributed by atoms with Gasteiger partial charge in [-0.05, 0) is 24.3 Å². The number of nitrogen functional groups attached to an aromatic ring is 1. The Morgan fingerprint density at radius 1 is 1.39 bits per heavy atom. The van der Waals surface area contributed by atoms with E-state index in [0.29, 0.717) is 18.2 Å². The smallest absolute Gasteiger partial charge is 0.296 e. The summed E-state index contributed by atoms with van der Waals surface area (Å²) in [6, 6.07) is 7.81. The van der Waals surface area contributed by atoms with Crippen molar-refractivity contribution in [2.24, 2.45) is 7.05 Å². The number of hydrogen-bond donors (Lipinski definition) is 2. The monoisotopic (exact) mass is 243 g/mol. The SMILES string of the molecule is Cn1nccc1CNc1nc2cc(N)ccc2o1. The molecule has 0 aliphatic carbocycles. The number of hydrogen-bond acceptors (Lipinski definition) is 5. The molecule has 0 aliphatic rings. The quantitative estimate of drug-likeness (QED) is 0.685. The van der Waals surface area contributed by atoms with Gasteiger partial charge < -0.3 is 15.5 Å². The number of rotatable bonds is 3. The summed E-state index contributed by atoms with van der Waals surface area (Å²) in [6.45, 7) is 0.610. The van der Waals surface area contributed by atoms with Crippen molar-refractivity contribution in [3.05, 3.63) is 36.2 Å². The largest absolute Gasteiger partial charge is 0.424 e. The minimum atomic E-state index is 0.483. The van der Waals surface area contributed by atoms with Gasteiger partial charge in [0.05, 0.1) is 12.2 Å². The van der Waals surface area contributed by atoms with Crippen molar-refractivity contribution in [2.45, 2.75) is 6.54 Å². The number of oxazole rings is 1. The van der Waals surface area contributed by atoms with Gasteiger partial charge in [0.25, 0.3) is 6.01 Å². The second-order valence-electron chi connectivity index (χ2n) is 4.05. The molecule has 0 saturated heterocycles. The molecule has 0 saturated carbocycles. The maximum Gasteiger partial charge on any atom is 0.296 e. The van der Waals surface area contributed by atoms with Gasteiger partial charge in [0.1, 0.15) is 5.52 Å².